The predicted octanol–water partition coefficient (Wildman–Crippen LogP) is 5.65. The van der Waals surface area contributed by atoms with Gasteiger partial charge in [-0.3, -0.25) is 4.79 Å². The van der Waals surface area contributed by atoms with E-state index in [0.717, 1.165) is 55.2 Å². The maximum Gasteiger partial charge on any atom is 0.282 e. The summed E-state index contributed by atoms with van der Waals surface area (Å²) < 4.78 is 20.2. The monoisotopic (exact) mass is 635 g/mol. The average molecular weight is 636 g/mol. The van der Waals surface area contributed by atoms with Crippen LogP contribution in [-0.4, -0.2) is 79.2 Å². The van der Waals surface area contributed by atoms with Crippen LogP contribution in [-0.2, 0) is 17.8 Å². The Morgan fingerprint density at radius 1 is 1.06 bits per heavy atom. The van der Waals surface area contributed by atoms with Gasteiger partial charge in [0.1, 0.15) is 11.6 Å². The van der Waals surface area contributed by atoms with E-state index in [1.807, 2.05) is 0 Å². The van der Waals surface area contributed by atoms with Crippen LogP contribution in [0.3, 0.4) is 0 Å². The first kappa shape index (κ1) is 32.3. The van der Waals surface area contributed by atoms with Crippen LogP contribution in [0.25, 0.3) is 10.8 Å². The second-order valence-corrected chi connectivity index (χ2v) is 12.8. The molecular formula is C37H42FN7O2. The molecule has 0 N–H and O–H groups in total. The van der Waals surface area contributed by atoms with Gasteiger partial charge in [0.15, 0.2) is 5.83 Å². The highest BCUT2D eigenvalue weighted by Crippen LogP contribution is 2.40. The lowest BCUT2D eigenvalue weighted by molar-refractivity contribution is -0.131. The molecule has 2 saturated heterocycles. The molecule has 6 rings (SSSR count). The molecule has 244 valence electrons. The number of nitriles is 2. The predicted molar refractivity (Wildman–Crippen MR) is 181 cm³/mol. The van der Waals surface area contributed by atoms with Gasteiger partial charge in [-0.2, -0.15) is 10.5 Å². The molecule has 2 aromatic carbocycles. The lowest BCUT2D eigenvalue weighted by Gasteiger charge is -2.43. The summed E-state index contributed by atoms with van der Waals surface area (Å²) in [4.78, 5) is 25.9. The van der Waals surface area contributed by atoms with E-state index in [9.17, 15) is 19.7 Å². The minimum Gasteiger partial charge on any atom is -0.477 e. The molecule has 3 aliphatic rings. The number of hydrogen-bond donors (Lipinski definition) is 0. The van der Waals surface area contributed by atoms with Gasteiger partial charge in [-0.1, -0.05) is 43.3 Å². The van der Waals surface area contributed by atoms with E-state index < -0.39 is 17.8 Å². The Balaban J connectivity index is 1.34. The Morgan fingerprint density at radius 3 is 2.60 bits per heavy atom. The largest absolute Gasteiger partial charge is 0.477 e. The van der Waals surface area contributed by atoms with Crippen LogP contribution in [0.2, 0.25) is 0 Å². The van der Waals surface area contributed by atoms with Gasteiger partial charge in [-0.25, -0.2) is 9.37 Å². The number of likely N-dealkylation sites (tertiary alicyclic amines) is 1. The molecule has 0 bridgehead atoms. The fourth-order valence-electron chi connectivity index (χ4n) is 7.47. The number of ether oxygens (including phenoxy) is 1. The fraction of sp³-hybridized carbons (Fsp3) is 0.459. The summed E-state index contributed by atoms with van der Waals surface area (Å²) in [7, 11) is 0. The quantitative estimate of drug-likeness (QED) is 0.220. The van der Waals surface area contributed by atoms with Crippen LogP contribution in [0, 0.1) is 29.6 Å². The van der Waals surface area contributed by atoms with E-state index in [0.29, 0.717) is 44.1 Å². The van der Waals surface area contributed by atoms with Crippen molar-refractivity contribution in [1.82, 2.24) is 14.8 Å². The van der Waals surface area contributed by atoms with Crippen molar-refractivity contribution in [1.29, 1.82) is 10.5 Å². The van der Waals surface area contributed by atoms with Crippen molar-refractivity contribution in [2.45, 2.75) is 58.0 Å². The molecule has 0 spiro atoms. The number of piperazine rings is 1. The summed E-state index contributed by atoms with van der Waals surface area (Å²) in [6.07, 6.45) is 5.28. The van der Waals surface area contributed by atoms with Crippen molar-refractivity contribution in [3.05, 3.63) is 71.2 Å². The number of amides is 1. The first-order chi connectivity index (χ1) is 22.9. The normalized spacial score (nSPS) is 18.4. The zero-order valence-electron chi connectivity index (χ0n) is 27.2. The number of nitrogens with zero attached hydrogens (tertiary/aromatic N) is 7. The number of rotatable bonds is 9. The smallest absolute Gasteiger partial charge is 0.282 e. The molecule has 1 atom stereocenters. The molecule has 0 radical (unpaired) electrons. The van der Waals surface area contributed by atoms with Crippen LogP contribution in [0.15, 0.2) is 48.8 Å². The van der Waals surface area contributed by atoms with E-state index >= 15 is 0 Å². The van der Waals surface area contributed by atoms with Gasteiger partial charge >= 0.3 is 0 Å². The Morgan fingerprint density at radius 2 is 1.85 bits per heavy atom. The van der Waals surface area contributed by atoms with Crippen molar-refractivity contribution in [2.75, 3.05) is 62.2 Å². The Bertz CT molecular complexity index is 1730. The number of aryl methyl sites for hydroxylation is 1. The summed E-state index contributed by atoms with van der Waals surface area (Å²) >= 11 is 0. The number of carbonyl (C=O) groups excluding carboxylic acids is 1. The molecule has 10 heteroatoms. The lowest BCUT2D eigenvalue weighted by Crippen LogP contribution is -2.55. The van der Waals surface area contributed by atoms with Crippen molar-refractivity contribution in [3.8, 4) is 18.0 Å². The first-order valence-corrected chi connectivity index (χ1v) is 16.7. The van der Waals surface area contributed by atoms with Gasteiger partial charge in [0.05, 0.1) is 43.1 Å². The number of fused-ring (bicyclic) bond motifs is 2. The van der Waals surface area contributed by atoms with Crippen molar-refractivity contribution in [2.24, 2.45) is 0 Å². The molecule has 3 aromatic rings. The number of carbonyl (C=O) groups is 1. The third-order valence-corrected chi connectivity index (χ3v) is 9.76. The maximum atomic E-state index is 13.9. The third kappa shape index (κ3) is 6.75. The topological polar surface area (TPSA) is 99.7 Å². The van der Waals surface area contributed by atoms with Crippen molar-refractivity contribution in [3.63, 3.8) is 0 Å². The zero-order valence-corrected chi connectivity index (χ0v) is 27.2. The Hall–Kier alpha value is -4.67. The fourth-order valence-corrected chi connectivity index (χ4v) is 7.47. The van der Waals surface area contributed by atoms with Gasteiger partial charge < -0.3 is 24.3 Å². The minimum atomic E-state index is -1.04. The average Bonchev–Trinajstić information content (AvgIpc) is 3.09. The first-order valence-electron chi connectivity index (χ1n) is 16.7. The molecule has 4 heterocycles. The Labute approximate surface area is 276 Å². The number of hydrogen-bond acceptors (Lipinski definition) is 8. The van der Waals surface area contributed by atoms with Gasteiger partial charge in [0.25, 0.3) is 5.91 Å². The van der Waals surface area contributed by atoms with Gasteiger partial charge in [-0.05, 0) is 62.7 Å². The summed E-state index contributed by atoms with van der Waals surface area (Å²) in [5, 5.41) is 22.5. The van der Waals surface area contributed by atoms with Crippen LogP contribution >= 0.6 is 0 Å². The van der Waals surface area contributed by atoms with Crippen LogP contribution in [0.4, 0.5) is 15.8 Å². The summed E-state index contributed by atoms with van der Waals surface area (Å²) in [6.45, 7) is 11.1. The van der Waals surface area contributed by atoms with Crippen LogP contribution in [0.1, 0.15) is 54.5 Å². The Kier molecular flexibility index (Phi) is 9.89. The van der Waals surface area contributed by atoms with E-state index in [4.69, 9.17) is 9.72 Å². The van der Waals surface area contributed by atoms with E-state index in [1.54, 1.807) is 0 Å². The molecular weight excluding hydrogens is 593 g/mol. The highest BCUT2D eigenvalue weighted by Gasteiger charge is 2.36. The lowest BCUT2D eigenvalue weighted by atomic mass is 9.95. The molecule has 0 saturated carbocycles. The molecule has 2 fully saturated rings. The molecule has 0 aliphatic carbocycles. The van der Waals surface area contributed by atoms with Crippen LogP contribution < -0.4 is 14.5 Å². The summed E-state index contributed by atoms with van der Waals surface area (Å²) in [5.74, 6) is -1.51. The third-order valence-electron chi connectivity index (χ3n) is 9.76. The standard InChI is InChI=1S/C37H42FN7O2/c1-26-9-6-10-28-11-7-12-33(34(26)28)43-19-14-30-32(25-43)41-36(47-22-8-18-42-16-4-3-5-17-42)31(23-40)35(30)44-20-21-45(37(46)27(2)38)29(24-44)13-15-39/h6-7,9-12,29H,2-5,8,13-14,16-22,24-25H2,1H3/t29-/m0/s1. The maximum absolute atomic E-state index is 13.9. The molecule has 47 heavy (non-hydrogen) atoms. The number of benzene rings is 2. The summed E-state index contributed by atoms with van der Waals surface area (Å²) in [6, 6.07) is 16.7. The number of pyridine rings is 1. The molecule has 1 amide bonds. The van der Waals surface area contributed by atoms with Crippen LogP contribution in [0.5, 0.6) is 5.88 Å². The van der Waals surface area contributed by atoms with Crippen molar-refractivity contribution >= 4 is 28.1 Å². The summed E-state index contributed by atoms with van der Waals surface area (Å²) in [5.41, 5.74) is 5.33. The second-order valence-electron chi connectivity index (χ2n) is 12.8. The minimum absolute atomic E-state index is 0.0404. The zero-order chi connectivity index (χ0) is 32.9. The number of piperidine rings is 1. The second kappa shape index (κ2) is 14.4. The van der Waals surface area contributed by atoms with Crippen molar-refractivity contribution < 1.29 is 13.9 Å². The SMILES string of the molecule is C=C(F)C(=O)N1CCN(c2c(C#N)c(OCCCN3CCCCC3)nc3c2CCN(c2cccc4cccc(C)c24)C3)C[C@@H]1CC#N. The number of halogens is 1. The van der Waals surface area contributed by atoms with Gasteiger partial charge in [0.2, 0.25) is 5.88 Å². The molecule has 9 nitrogen and oxygen atoms in total. The van der Waals surface area contributed by atoms with Gasteiger partial charge in [-0.15, -0.1) is 0 Å². The van der Waals surface area contributed by atoms with Gasteiger partial charge in [0, 0.05) is 49.4 Å². The van der Waals surface area contributed by atoms with E-state index in [1.165, 1.54) is 40.5 Å². The molecule has 0 unspecified atom stereocenters. The van der Waals surface area contributed by atoms with E-state index in [-0.39, 0.29) is 13.0 Å². The number of aromatic nitrogens is 1. The number of anilines is 2. The highest BCUT2D eigenvalue weighted by molar-refractivity contribution is 5.97. The van der Waals surface area contributed by atoms with E-state index in [2.05, 4.69) is 76.7 Å². The highest BCUT2D eigenvalue weighted by atomic mass is 19.1. The molecule has 3 aliphatic heterocycles. The molecule has 1 aromatic heterocycles.